The molecule has 110 valence electrons. The highest BCUT2D eigenvalue weighted by Gasteiger charge is 2.23. The minimum atomic E-state index is -1.30. The molecular weight excluding hydrogens is 256 g/mol. The number of carboxylic acids is 2. The fourth-order valence-electron chi connectivity index (χ4n) is 2.27. The van der Waals surface area contributed by atoms with E-state index in [2.05, 4.69) is 0 Å². The normalized spacial score (nSPS) is 11.8. The molecule has 0 saturated heterocycles. The standard InChI is InChI=1S/C16H22O4/c1-9(2)7-11-5-6-12(15(17)18)14(16(19)20)13(11)8-10(3)4/h5-6,9-10H,7-8H2,1-4H3,(H,17,18)(H,19,20)/i5D. The molecule has 0 unspecified atom stereocenters. The number of benzene rings is 1. The van der Waals surface area contributed by atoms with Crippen LogP contribution in [-0.4, -0.2) is 22.2 Å². The van der Waals surface area contributed by atoms with Crippen LogP contribution in [0, 0.1) is 11.8 Å². The molecule has 0 aliphatic rings. The molecule has 0 saturated carbocycles. The molecule has 0 radical (unpaired) electrons. The predicted octanol–water partition coefficient (Wildman–Crippen LogP) is 3.48. The van der Waals surface area contributed by atoms with Gasteiger partial charge in [-0.15, -0.1) is 0 Å². The molecular formula is C16H22O4. The van der Waals surface area contributed by atoms with E-state index >= 15 is 0 Å². The third-order valence-electron chi connectivity index (χ3n) is 3.00. The quantitative estimate of drug-likeness (QED) is 0.836. The molecule has 0 amide bonds. The highest BCUT2D eigenvalue weighted by Crippen LogP contribution is 2.25. The molecule has 0 spiro atoms. The van der Waals surface area contributed by atoms with Crippen LogP contribution in [0.1, 0.15) is 60.9 Å². The van der Waals surface area contributed by atoms with Crippen LogP contribution in [0.3, 0.4) is 0 Å². The molecule has 0 heterocycles. The average molecular weight is 279 g/mol. The van der Waals surface area contributed by atoms with Crippen molar-refractivity contribution < 1.29 is 21.2 Å². The van der Waals surface area contributed by atoms with Crippen LogP contribution < -0.4 is 0 Å². The maximum Gasteiger partial charge on any atom is 0.336 e. The Hall–Kier alpha value is -1.84. The SMILES string of the molecule is [2H]c1cc(C(=O)O)c(C(=O)O)c(CC(C)C)c1CC(C)C. The zero-order valence-electron chi connectivity index (χ0n) is 13.4. The van der Waals surface area contributed by atoms with E-state index in [0.717, 1.165) is 6.07 Å². The van der Waals surface area contributed by atoms with Gasteiger partial charge in [-0.2, -0.15) is 0 Å². The number of rotatable bonds is 6. The largest absolute Gasteiger partial charge is 0.478 e. The minimum Gasteiger partial charge on any atom is -0.478 e. The molecule has 1 aromatic rings. The first-order valence-electron chi connectivity index (χ1n) is 7.27. The lowest BCUT2D eigenvalue weighted by molar-refractivity contribution is 0.0650. The average Bonchev–Trinajstić information content (AvgIpc) is 2.31. The molecule has 0 atom stereocenters. The van der Waals surface area contributed by atoms with Gasteiger partial charge in [0.15, 0.2) is 0 Å². The topological polar surface area (TPSA) is 74.6 Å². The zero-order valence-corrected chi connectivity index (χ0v) is 12.4. The molecule has 0 fully saturated rings. The van der Waals surface area contributed by atoms with Gasteiger partial charge in [-0.25, -0.2) is 9.59 Å². The van der Waals surface area contributed by atoms with E-state index in [9.17, 15) is 19.8 Å². The molecule has 0 aromatic heterocycles. The van der Waals surface area contributed by atoms with Crippen molar-refractivity contribution in [2.45, 2.75) is 40.5 Å². The summed E-state index contributed by atoms with van der Waals surface area (Å²) in [7, 11) is 0. The number of carbonyl (C=O) groups is 2. The van der Waals surface area contributed by atoms with Gasteiger partial charge >= 0.3 is 11.9 Å². The van der Waals surface area contributed by atoms with Crippen molar-refractivity contribution >= 4 is 11.9 Å². The number of carboxylic acid groups (broad SMARTS) is 2. The first kappa shape index (κ1) is 14.6. The molecule has 20 heavy (non-hydrogen) atoms. The number of hydrogen-bond acceptors (Lipinski definition) is 2. The van der Waals surface area contributed by atoms with Crippen molar-refractivity contribution in [1.82, 2.24) is 0 Å². The van der Waals surface area contributed by atoms with Crippen LogP contribution in [0.2, 0.25) is 0 Å². The summed E-state index contributed by atoms with van der Waals surface area (Å²) in [6.45, 7) is 7.87. The molecule has 1 aromatic carbocycles. The maximum atomic E-state index is 11.6. The van der Waals surface area contributed by atoms with E-state index in [1.54, 1.807) is 0 Å². The summed E-state index contributed by atoms with van der Waals surface area (Å²) in [6, 6.07) is 1.27. The van der Waals surface area contributed by atoms with Gasteiger partial charge in [-0.05, 0) is 41.9 Å². The van der Waals surface area contributed by atoms with Crippen molar-refractivity contribution in [3.63, 3.8) is 0 Å². The second kappa shape index (κ2) is 6.55. The van der Waals surface area contributed by atoms with Crippen molar-refractivity contribution in [1.29, 1.82) is 0 Å². The molecule has 0 aliphatic carbocycles. The third kappa shape index (κ3) is 3.83. The van der Waals surface area contributed by atoms with Crippen LogP contribution in [-0.2, 0) is 12.8 Å². The van der Waals surface area contributed by atoms with Crippen LogP contribution in [0.4, 0.5) is 0 Å². The lowest BCUT2D eigenvalue weighted by atomic mass is 9.87. The smallest absolute Gasteiger partial charge is 0.336 e. The lowest BCUT2D eigenvalue weighted by Gasteiger charge is -2.17. The monoisotopic (exact) mass is 279 g/mol. The Bertz CT molecular complexity index is 562. The van der Waals surface area contributed by atoms with Gasteiger partial charge in [0.05, 0.1) is 12.5 Å². The second-order valence-corrected chi connectivity index (χ2v) is 5.84. The van der Waals surface area contributed by atoms with E-state index in [0.29, 0.717) is 24.0 Å². The fourth-order valence-corrected chi connectivity index (χ4v) is 2.27. The van der Waals surface area contributed by atoms with Crippen LogP contribution in [0.15, 0.2) is 12.1 Å². The molecule has 0 aliphatic heterocycles. The fraction of sp³-hybridized carbons (Fsp3) is 0.500. The Labute approximate surface area is 120 Å². The van der Waals surface area contributed by atoms with Crippen molar-refractivity contribution in [2.75, 3.05) is 0 Å². The Morgan fingerprint density at radius 2 is 1.65 bits per heavy atom. The summed E-state index contributed by atoms with van der Waals surface area (Å²) in [4.78, 5) is 22.9. The summed E-state index contributed by atoms with van der Waals surface area (Å²) in [5.41, 5.74) is 0.690. The van der Waals surface area contributed by atoms with Gasteiger partial charge in [0.25, 0.3) is 0 Å². The first-order valence-corrected chi connectivity index (χ1v) is 6.77. The Kier molecular flexibility index (Phi) is 4.77. The minimum absolute atomic E-state index is 0.113. The van der Waals surface area contributed by atoms with Gasteiger partial charge in [-0.1, -0.05) is 33.7 Å². The van der Waals surface area contributed by atoms with E-state index in [1.165, 1.54) is 0 Å². The van der Waals surface area contributed by atoms with Gasteiger partial charge in [0, 0.05) is 0 Å². The molecule has 0 bridgehead atoms. The van der Waals surface area contributed by atoms with Gasteiger partial charge in [0.1, 0.15) is 0 Å². The Morgan fingerprint density at radius 1 is 1.10 bits per heavy atom. The van der Waals surface area contributed by atoms with Crippen LogP contribution in [0.5, 0.6) is 0 Å². The van der Waals surface area contributed by atoms with E-state index in [-0.39, 0.29) is 29.0 Å². The lowest BCUT2D eigenvalue weighted by Crippen LogP contribution is -2.16. The molecule has 4 nitrogen and oxygen atoms in total. The highest BCUT2D eigenvalue weighted by molar-refractivity contribution is 6.03. The summed E-state index contributed by atoms with van der Waals surface area (Å²) in [5, 5.41) is 18.7. The van der Waals surface area contributed by atoms with E-state index in [1.807, 2.05) is 27.7 Å². The Morgan fingerprint density at radius 3 is 2.05 bits per heavy atom. The molecule has 1 rings (SSSR count). The van der Waals surface area contributed by atoms with Crippen LogP contribution >= 0.6 is 0 Å². The zero-order chi connectivity index (χ0) is 16.3. The van der Waals surface area contributed by atoms with Crippen molar-refractivity contribution in [3.8, 4) is 0 Å². The predicted molar refractivity (Wildman–Crippen MR) is 77.4 cm³/mol. The molecule has 4 heteroatoms. The number of hydrogen-bond donors (Lipinski definition) is 2. The first-order chi connectivity index (χ1) is 9.65. The van der Waals surface area contributed by atoms with Crippen molar-refractivity contribution in [3.05, 3.63) is 34.4 Å². The van der Waals surface area contributed by atoms with Crippen LogP contribution in [0.25, 0.3) is 0 Å². The van der Waals surface area contributed by atoms with E-state index in [4.69, 9.17) is 1.37 Å². The van der Waals surface area contributed by atoms with E-state index < -0.39 is 11.9 Å². The molecule has 2 N–H and O–H groups in total. The second-order valence-electron chi connectivity index (χ2n) is 5.84. The summed E-state index contributed by atoms with van der Waals surface area (Å²) < 4.78 is 8.06. The van der Waals surface area contributed by atoms with Gasteiger partial charge < -0.3 is 10.2 Å². The highest BCUT2D eigenvalue weighted by atomic mass is 16.4. The van der Waals surface area contributed by atoms with Crippen molar-refractivity contribution in [2.24, 2.45) is 11.8 Å². The summed E-state index contributed by atoms with van der Waals surface area (Å²) in [6.07, 6.45) is 1.03. The summed E-state index contributed by atoms with van der Waals surface area (Å²) in [5.74, 6) is -2.11. The number of aromatic carboxylic acids is 2. The summed E-state index contributed by atoms with van der Waals surface area (Å²) >= 11 is 0. The van der Waals surface area contributed by atoms with Gasteiger partial charge in [0.2, 0.25) is 0 Å². The third-order valence-corrected chi connectivity index (χ3v) is 3.00. The Balaban J connectivity index is 3.68. The maximum absolute atomic E-state index is 11.6. The van der Waals surface area contributed by atoms with Gasteiger partial charge in [-0.3, -0.25) is 0 Å².